The summed E-state index contributed by atoms with van der Waals surface area (Å²) in [5.74, 6) is 0.737. The molecular weight excluding hydrogens is 256 g/mol. The van der Waals surface area contributed by atoms with Crippen molar-refractivity contribution in [3.63, 3.8) is 0 Å². The van der Waals surface area contributed by atoms with Gasteiger partial charge in [0.15, 0.2) is 0 Å². The third-order valence-corrected chi connectivity index (χ3v) is 3.16. The van der Waals surface area contributed by atoms with Gasteiger partial charge in [-0.3, -0.25) is 4.79 Å². The van der Waals surface area contributed by atoms with E-state index in [4.69, 9.17) is 4.74 Å². The Morgan fingerprint density at radius 3 is 2.85 bits per heavy atom. The lowest BCUT2D eigenvalue weighted by Crippen LogP contribution is -2.48. The van der Waals surface area contributed by atoms with Gasteiger partial charge in [0, 0.05) is 30.2 Å². The Balaban J connectivity index is 1.64. The van der Waals surface area contributed by atoms with Crippen LogP contribution in [0.2, 0.25) is 0 Å². The number of ether oxygens (including phenoxy) is 1. The first kappa shape index (κ1) is 12.8. The van der Waals surface area contributed by atoms with Crippen molar-refractivity contribution in [2.45, 2.75) is 6.04 Å². The molecule has 1 aromatic heterocycles. The van der Waals surface area contributed by atoms with E-state index in [2.05, 4.69) is 20.6 Å². The fourth-order valence-corrected chi connectivity index (χ4v) is 2.10. The quantitative estimate of drug-likeness (QED) is 0.779. The fraction of sp³-hybridized carbons (Fsp3) is 0.286. The largest absolute Gasteiger partial charge is 0.378 e. The van der Waals surface area contributed by atoms with E-state index in [-0.39, 0.29) is 11.9 Å². The van der Waals surface area contributed by atoms with Crippen molar-refractivity contribution < 1.29 is 9.53 Å². The van der Waals surface area contributed by atoms with Gasteiger partial charge in [-0.15, -0.1) is 0 Å². The Morgan fingerprint density at radius 2 is 2.20 bits per heavy atom. The van der Waals surface area contributed by atoms with Crippen molar-refractivity contribution in [1.82, 2.24) is 15.3 Å². The van der Waals surface area contributed by atoms with Gasteiger partial charge in [0.25, 0.3) is 0 Å². The van der Waals surface area contributed by atoms with E-state index in [0.717, 1.165) is 17.1 Å². The summed E-state index contributed by atoms with van der Waals surface area (Å²) in [7, 11) is 0. The van der Waals surface area contributed by atoms with Gasteiger partial charge >= 0.3 is 0 Å². The van der Waals surface area contributed by atoms with Crippen LogP contribution in [0.25, 0.3) is 11.4 Å². The molecule has 20 heavy (non-hydrogen) atoms. The predicted octanol–water partition coefficient (Wildman–Crippen LogP) is 1.00. The number of hydrogen-bond acceptors (Lipinski definition) is 4. The van der Waals surface area contributed by atoms with Crippen molar-refractivity contribution in [1.29, 1.82) is 0 Å². The molecule has 1 aromatic carbocycles. The molecule has 6 nitrogen and oxygen atoms in total. The van der Waals surface area contributed by atoms with E-state index in [1.54, 1.807) is 12.4 Å². The third kappa shape index (κ3) is 2.87. The van der Waals surface area contributed by atoms with Crippen LogP contribution >= 0.6 is 0 Å². The van der Waals surface area contributed by atoms with Gasteiger partial charge in [0.2, 0.25) is 5.91 Å². The maximum Gasteiger partial charge on any atom is 0.243 e. The zero-order chi connectivity index (χ0) is 13.8. The molecule has 1 amide bonds. The highest BCUT2D eigenvalue weighted by Gasteiger charge is 2.20. The van der Waals surface area contributed by atoms with Gasteiger partial charge in [0.05, 0.1) is 13.2 Å². The number of aromatic nitrogens is 2. The number of nitrogens with one attached hydrogen (secondary N) is 3. The number of carbonyl (C=O) groups is 1. The minimum absolute atomic E-state index is 0.0737. The summed E-state index contributed by atoms with van der Waals surface area (Å²) in [5.41, 5.74) is 1.74. The highest BCUT2D eigenvalue weighted by Crippen LogP contribution is 2.17. The summed E-state index contributed by atoms with van der Waals surface area (Å²) in [6.07, 6.45) is 3.49. The second-order valence-electron chi connectivity index (χ2n) is 4.59. The van der Waals surface area contributed by atoms with Crippen LogP contribution in [0.15, 0.2) is 36.7 Å². The molecule has 3 N–H and O–H groups in total. The molecule has 3 rings (SSSR count). The first-order valence-electron chi connectivity index (χ1n) is 6.55. The maximum absolute atomic E-state index is 12.0. The SMILES string of the molecule is O=C(Nc1ccc(-c2ncc[nH]2)cc1)C1COCCN1. The lowest BCUT2D eigenvalue weighted by Gasteiger charge is -2.22. The van der Waals surface area contributed by atoms with Gasteiger partial charge in [-0.1, -0.05) is 0 Å². The summed E-state index contributed by atoms with van der Waals surface area (Å²) < 4.78 is 5.27. The topological polar surface area (TPSA) is 79.0 Å². The molecule has 0 bridgehead atoms. The third-order valence-electron chi connectivity index (χ3n) is 3.16. The Bertz CT molecular complexity index is 559. The first-order valence-corrected chi connectivity index (χ1v) is 6.55. The van der Waals surface area contributed by atoms with Crippen LogP contribution in [0.5, 0.6) is 0 Å². The van der Waals surface area contributed by atoms with Gasteiger partial charge in [-0.05, 0) is 24.3 Å². The van der Waals surface area contributed by atoms with Crippen molar-refractivity contribution >= 4 is 11.6 Å². The van der Waals surface area contributed by atoms with Crippen LogP contribution in [-0.2, 0) is 9.53 Å². The Kier molecular flexibility index (Phi) is 3.76. The lowest BCUT2D eigenvalue weighted by atomic mass is 10.2. The number of morpholine rings is 1. The Hall–Kier alpha value is -2.18. The second kappa shape index (κ2) is 5.85. The van der Waals surface area contributed by atoms with Crippen molar-refractivity contribution in [3.05, 3.63) is 36.7 Å². The van der Waals surface area contributed by atoms with Gasteiger partial charge in [0.1, 0.15) is 11.9 Å². The second-order valence-corrected chi connectivity index (χ2v) is 4.59. The monoisotopic (exact) mass is 272 g/mol. The summed E-state index contributed by atoms with van der Waals surface area (Å²) in [6, 6.07) is 7.27. The number of imidazole rings is 1. The first-order chi connectivity index (χ1) is 9.83. The number of carbonyl (C=O) groups excluding carboxylic acids is 1. The van der Waals surface area contributed by atoms with E-state index in [0.29, 0.717) is 19.8 Å². The Labute approximate surface area is 116 Å². The van der Waals surface area contributed by atoms with Crippen LogP contribution in [-0.4, -0.2) is 41.7 Å². The smallest absolute Gasteiger partial charge is 0.243 e. The molecule has 0 saturated carbocycles. The zero-order valence-electron chi connectivity index (χ0n) is 10.9. The van der Waals surface area contributed by atoms with Crippen LogP contribution in [0.1, 0.15) is 0 Å². The molecule has 0 radical (unpaired) electrons. The minimum atomic E-state index is -0.284. The molecule has 1 saturated heterocycles. The van der Waals surface area contributed by atoms with E-state index in [9.17, 15) is 4.79 Å². The number of hydrogen-bond donors (Lipinski definition) is 3. The molecular formula is C14H16N4O2. The number of anilines is 1. The van der Waals surface area contributed by atoms with Crippen LogP contribution < -0.4 is 10.6 Å². The highest BCUT2D eigenvalue weighted by molar-refractivity contribution is 5.95. The van der Waals surface area contributed by atoms with E-state index in [1.807, 2.05) is 24.3 Å². The molecule has 0 spiro atoms. The summed E-state index contributed by atoms with van der Waals surface area (Å²) in [5, 5.41) is 5.99. The molecule has 2 heterocycles. The summed E-state index contributed by atoms with van der Waals surface area (Å²) in [6.45, 7) is 1.77. The molecule has 6 heteroatoms. The molecule has 2 aromatic rings. The van der Waals surface area contributed by atoms with E-state index in [1.165, 1.54) is 0 Å². The average Bonchev–Trinajstić information content (AvgIpc) is 3.03. The standard InChI is InChI=1S/C14H16N4O2/c19-14(12-9-20-8-7-15-12)18-11-3-1-10(2-4-11)13-16-5-6-17-13/h1-6,12,15H,7-9H2,(H,16,17)(H,18,19). The van der Waals surface area contributed by atoms with Crippen molar-refractivity contribution in [2.75, 3.05) is 25.1 Å². The molecule has 0 aliphatic carbocycles. The minimum Gasteiger partial charge on any atom is -0.378 e. The average molecular weight is 272 g/mol. The van der Waals surface area contributed by atoms with E-state index >= 15 is 0 Å². The number of nitrogens with zero attached hydrogens (tertiary/aromatic N) is 1. The zero-order valence-corrected chi connectivity index (χ0v) is 10.9. The van der Waals surface area contributed by atoms with Gasteiger partial charge in [-0.25, -0.2) is 4.98 Å². The van der Waals surface area contributed by atoms with Crippen molar-refractivity contribution in [2.24, 2.45) is 0 Å². The summed E-state index contributed by atoms with van der Waals surface area (Å²) in [4.78, 5) is 19.2. The molecule has 1 unspecified atom stereocenters. The lowest BCUT2D eigenvalue weighted by molar-refractivity contribution is -0.120. The van der Waals surface area contributed by atoms with Crippen molar-refractivity contribution in [3.8, 4) is 11.4 Å². The molecule has 1 atom stereocenters. The van der Waals surface area contributed by atoms with Crippen LogP contribution in [0.4, 0.5) is 5.69 Å². The maximum atomic E-state index is 12.0. The van der Waals surface area contributed by atoms with Crippen LogP contribution in [0.3, 0.4) is 0 Å². The molecule has 1 aliphatic heterocycles. The van der Waals surface area contributed by atoms with Gasteiger partial charge < -0.3 is 20.4 Å². The molecule has 104 valence electrons. The number of rotatable bonds is 3. The number of amides is 1. The van der Waals surface area contributed by atoms with E-state index < -0.39 is 0 Å². The number of H-pyrrole nitrogens is 1. The van der Waals surface area contributed by atoms with Crippen LogP contribution in [0, 0.1) is 0 Å². The molecule has 1 fully saturated rings. The molecule has 1 aliphatic rings. The highest BCUT2D eigenvalue weighted by atomic mass is 16.5. The summed E-state index contributed by atoms with van der Waals surface area (Å²) >= 11 is 0. The fourth-order valence-electron chi connectivity index (χ4n) is 2.10. The number of benzene rings is 1. The van der Waals surface area contributed by atoms with Gasteiger partial charge in [-0.2, -0.15) is 0 Å². The normalized spacial score (nSPS) is 18.7. The predicted molar refractivity (Wildman–Crippen MR) is 75.3 cm³/mol. The Morgan fingerprint density at radius 1 is 1.35 bits per heavy atom. The number of aromatic amines is 1.